The van der Waals surface area contributed by atoms with Crippen LogP contribution in [0.15, 0.2) is 77.9 Å². The summed E-state index contributed by atoms with van der Waals surface area (Å²) < 4.78 is 0. The summed E-state index contributed by atoms with van der Waals surface area (Å²) in [5.41, 5.74) is 7.61. The number of carbonyl (C=O) groups is 3. The Morgan fingerprint density at radius 2 is 1.88 bits per heavy atom. The molecule has 4 heterocycles. The highest BCUT2D eigenvalue weighted by Crippen LogP contribution is 2.36. The number of nitrogens with zero attached hydrogens (tertiary/aromatic N) is 4. The highest BCUT2D eigenvalue weighted by atomic mass is 32.1. The molecule has 0 saturated carbocycles. The Hall–Kier alpha value is -4.61. The molecule has 10 nitrogen and oxygen atoms in total. The van der Waals surface area contributed by atoms with Gasteiger partial charge >= 0.3 is 6.03 Å². The highest BCUT2D eigenvalue weighted by molar-refractivity contribution is 7.07. The Kier molecular flexibility index (Phi) is 8.71. The Morgan fingerprint density at radius 3 is 2.63 bits per heavy atom. The van der Waals surface area contributed by atoms with Crippen LogP contribution < -0.4 is 20.9 Å². The number of carbonyl (C=O) groups excluding carboxylic acids is 3. The van der Waals surface area contributed by atoms with Crippen molar-refractivity contribution in [1.29, 1.82) is 0 Å². The van der Waals surface area contributed by atoms with Gasteiger partial charge in [-0.15, -0.1) is 11.3 Å². The third-order valence-corrected chi connectivity index (χ3v) is 8.47. The Labute approximate surface area is 254 Å². The normalized spacial score (nSPS) is 14.8. The maximum absolute atomic E-state index is 14.2. The number of hydrogen-bond acceptors (Lipinski definition) is 7. The van der Waals surface area contributed by atoms with Crippen molar-refractivity contribution < 1.29 is 14.4 Å². The number of hydrogen-bond donors (Lipinski definition) is 3. The molecule has 1 fully saturated rings. The fraction of sp³-hybridized carbons (Fsp3) is 0.281. The lowest BCUT2D eigenvalue weighted by Gasteiger charge is -2.26. The molecule has 11 heteroatoms. The van der Waals surface area contributed by atoms with Crippen LogP contribution in [0.2, 0.25) is 0 Å². The molecule has 1 saturated heterocycles. The molecule has 43 heavy (non-hydrogen) atoms. The molecule has 4 amide bonds. The van der Waals surface area contributed by atoms with Crippen LogP contribution in [0.3, 0.4) is 0 Å². The Bertz CT molecular complexity index is 1580. The van der Waals surface area contributed by atoms with Crippen LogP contribution in [0.4, 0.5) is 10.5 Å². The average Bonchev–Trinajstić information content (AvgIpc) is 3.81. The van der Waals surface area contributed by atoms with Gasteiger partial charge in [-0.25, -0.2) is 9.78 Å². The topological polar surface area (TPSA) is 120 Å². The minimum Gasteiger partial charge on any atom is -0.350 e. The third-order valence-electron chi connectivity index (χ3n) is 7.83. The van der Waals surface area contributed by atoms with E-state index in [0.29, 0.717) is 57.7 Å². The second-order valence-corrected chi connectivity index (χ2v) is 11.3. The molecule has 0 radical (unpaired) electrons. The van der Waals surface area contributed by atoms with Crippen molar-refractivity contribution in [3.05, 3.63) is 100 Å². The molecule has 0 bridgehead atoms. The zero-order valence-electron chi connectivity index (χ0n) is 23.7. The maximum Gasteiger partial charge on any atom is 0.317 e. The predicted octanol–water partition coefficient (Wildman–Crippen LogP) is 3.25. The molecule has 0 unspecified atom stereocenters. The fourth-order valence-electron chi connectivity index (χ4n) is 5.61. The largest absolute Gasteiger partial charge is 0.350 e. The maximum atomic E-state index is 14.2. The average molecular weight is 596 g/mol. The van der Waals surface area contributed by atoms with Crippen molar-refractivity contribution in [2.45, 2.75) is 25.4 Å². The summed E-state index contributed by atoms with van der Waals surface area (Å²) in [5.74, 6) is -0.264. The summed E-state index contributed by atoms with van der Waals surface area (Å²) in [6, 6.07) is 17.1. The highest BCUT2D eigenvalue weighted by Gasteiger charge is 2.33. The van der Waals surface area contributed by atoms with Crippen LogP contribution in [0.5, 0.6) is 0 Å². The summed E-state index contributed by atoms with van der Waals surface area (Å²) in [6.07, 6.45) is 4.52. The van der Waals surface area contributed by atoms with Gasteiger partial charge in [-0.05, 0) is 59.4 Å². The van der Waals surface area contributed by atoms with Gasteiger partial charge in [0.25, 0.3) is 5.91 Å². The summed E-state index contributed by atoms with van der Waals surface area (Å²) in [7, 11) is 0. The van der Waals surface area contributed by atoms with E-state index in [1.807, 2.05) is 64.9 Å². The second-order valence-electron chi connectivity index (χ2n) is 10.6. The van der Waals surface area contributed by atoms with Crippen LogP contribution in [0, 0.1) is 0 Å². The van der Waals surface area contributed by atoms with Gasteiger partial charge < -0.3 is 20.4 Å². The summed E-state index contributed by atoms with van der Waals surface area (Å²) in [5, 5.41) is 11.2. The van der Waals surface area contributed by atoms with E-state index in [2.05, 4.69) is 25.9 Å². The van der Waals surface area contributed by atoms with Gasteiger partial charge in [0.1, 0.15) is 0 Å². The number of pyridine rings is 1. The van der Waals surface area contributed by atoms with Gasteiger partial charge in [-0.2, -0.15) is 0 Å². The first-order valence-corrected chi connectivity index (χ1v) is 15.3. The van der Waals surface area contributed by atoms with Gasteiger partial charge in [-0.3, -0.25) is 19.9 Å². The minimum atomic E-state index is -0.483. The number of amides is 4. The van der Waals surface area contributed by atoms with Gasteiger partial charge in [-0.1, -0.05) is 30.3 Å². The Morgan fingerprint density at radius 1 is 1.05 bits per heavy atom. The van der Waals surface area contributed by atoms with Crippen molar-refractivity contribution in [2.75, 3.05) is 37.6 Å². The van der Waals surface area contributed by atoms with E-state index in [4.69, 9.17) is 0 Å². The molecule has 6 rings (SSSR count). The predicted molar refractivity (Wildman–Crippen MR) is 166 cm³/mol. The molecule has 2 aromatic heterocycles. The molecular formula is C32H33N7O3S. The number of rotatable bonds is 11. The summed E-state index contributed by atoms with van der Waals surface area (Å²) in [4.78, 5) is 51.7. The molecule has 2 aromatic carbocycles. The third kappa shape index (κ3) is 6.58. The monoisotopic (exact) mass is 595 g/mol. The number of fused-ring (bicyclic) bond motifs is 1. The quantitative estimate of drug-likeness (QED) is 0.245. The lowest BCUT2D eigenvalue weighted by atomic mass is 9.97. The first-order chi connectivity index (χ1) is 21.1. The number of anilines is 1. The van der Waals surface area contributed by atoms with E-state index in [1.54, 1.807) is 22.8 Å². The van der Waals surface area contributed by atoms with Crippen molar-refractivity contribution in [2.24, 2.45) is 0 Å². The van der Waals surface area contributed by atoms with Gasteiger partial charge in [0, 0.05) is 68.3 Å². The van der Waals surface area contributed by atoms with Gasteiger partial charge in [0.15, 0.2) is 0 Å². The zero-order valence-corrected chi connectivity index (χ0v) is 24.5. The van der Waals surface area contributed by atoms with E-state index >= 15 is 0 Å². The minimum absolute atomic E-state index is 0.0453. The van der Waals surface area contributed by atoms with Crippen LogP contribution >= 0.6 is 11.3 Å². The van der Waals surface area contributed by atoms with Crippen molar-refractivity contribution in [3.8, 4) is 11.1 Å². The standard InChI is InChI=1S/C32H33N7O3S/c40-30(34-11-14-38-15-12-35-32(38)42)27-17-24(23-6-9-33-10-7-23)18-29-26(27)8-13-39(29)31(41)28(16-22-4-2-1-3-5-22)36-19-25-20-43-21-37-25/h1-7,9-10,17-18,20-21,28,36H,8,11-16,19H2,(H,34,40)(H,35,42)/t28-/m0/s1. The molecule has 3 N–H and O–H groups in total. The van der Waals surface area contributed by atoms with Gasteiger partial charge in [0.2, 0.25) is 5.91 Å². The molecule has 0 spiro atoms. The van der Waals surface area contributed by atoms with E-state index in [9.17, 15) is 14.4 Å². The molecule has 0 aliphatic carbocycles. The van der Waals surface area contributed by atoms with Crippen molar-refractivity contribution >= 4 is 34.9 Å². The number of nitrogens with one attached hydrogen (secondary N) is 3. The van der Waals surface area contributed by atoms with Crippen LogP contribution in [0.1, 0.15) is 27.2 Å². The summed E-state index contributed by atoms with van der Waals surface area (Å²) in [6.45, 7) is 2.96. The fourth-order valence-corrected chi connectivity index (χ4v) is 6.17. The van der Waals surface area contributed by atoms with E-state index < -0.39 is 6.04 Å². The zero-order chi connectivity index (χ0) is 29.6. The first-order valence-electron chi connectivity index (χ1n) is 14.4. The van der Waals surface area contributed by atoms with Crippen molar-refractivity contribution in [3.63, 3.8) is 0 Å². The van der Waals surface area contributed by atoms with E-state index in [1.165, 1.54) is 11.3 Å². The summed E-state index contributed by atoms with van der Waals surface area (Å²) >= 11 is 1.52. The first kappa shape index (κ1) is 28.5. The molecule has 1 atom stereocenters. The van der Waals surface area contributed by atoms with E-state index in [0.717, 1.165) is 33.6 Å². The lowest BCUT2D eigenvalue weighted by molar-refractivity contribution is -0.120. The van der Waals surface area contributed by atoms with Crippen LogP contribution in [-0.4, -0.2) is 71.5 Å². The number of thiazole rings is 1. The second kappa shape index (κ2) is 13.1. The number of urea groups is 1. The van der Waals surface area contributed by atoms with E-state index in [-0.39, 0.29) is 17.8 Å². The molecular weight excluding hydrogens is 562 g/mol. The molecule has 220 valence electrons. The SMILES string of the molecule is O=C(NCCN1CCNC1=O)c1cc(-c2ccncc2)cc2c1CCN2C(=O)[C@H](Cc1ccccc1)NCc1cscn1. The number of benzene rings is 2. The Balaban J connectivity index is 1.28. The van der Waals surface area contributed by atoms with Crippen molar-refractivity contribution in [1.82, 2.24) is 30.8 Å². The molecule has 2 aliphatic rings. The lowest BCUT2D eigenvalue weighted by Crippen LogP contribution is -2.47. The van der Waals surface area contributed by atoms with Crippen LogP contribution in [-0.2, 0) is 24.2 Å². The molecule has 2 aliphatic heterocycles. The molecule has 4 aromatic rings. The number of aromatic nitrogens is 2. The van der Waals surface area contributed by atoms with Gasteiger partial charge in [0.05, 0.1) is 17.2 Å². The van der Waals surface area contributed by atoms with Crippen LogP contribution in [0.25, 0.3) is 11.1 Å². The smallest absolute Gasteiger partial charge is 0.317 e.